The summed E-state index contributed by atoms with van der Waals surface area (Å²) in [5.74, 6) is 0.378. The van der Waals surface area contributed by atoms with Gasteiger partial charge in [-0.05, 0) is 42.0 Å². The van der Waals surface area contributed by atoms with Crippen LogP contribution < -0.4 is 9.64 Å². The first-order chi connectivity index (χ1) is 14.5. The van der Waals surface area contributed by atoms with Crippen molar-refractivity contribution in [2.24, 2.45) is 0 Å². The van der Waals surface area contributed by atoms with E-state index in [1.54, 1.807) is 18.4 Å². The molecule has 0 N–H and O–H groups in total. The highest BCUT2D eigenvalue weighted by molar-refractivity contribution is 7.89. The molecular formula is C21H22FN3O3S2. The lowest BCUT2D eigenvalue weighted by atomic mass is 10.1. The summed E-state index contributed by atoms with van der Waals surface area (Å²) >= 11 is 1.62. The molecule has 158 valence electrons. The summed E-state index contributed by atoms with van der Waals surface area (Å²) in [6, 6.07) is 12.9. The van der Waals surface area contributed by atoms with E-state index in [9.17, 15) is 12.8 Å². The van der Waals surface area contributed by atoms with E-state index >= 15 is 0 Å². The molecule has 0 aliphatic carbocycles. The second kappa shape index (κ2) is 8.71. The van der Waals surface area contributed by atoms with Crippen LogP contribution >= 0.6 is 11.3 Å². The Hall–Kier alpha value is -2.49. The van der Waals surface area contributed by atoms with Gasteiger partial charge in [-0.1, -0.05) is 12.1 Å². The molecule has 9 heteroatoms. The van der Waals surface area contributed by atoms with Crippen LogP contribution in [0.4, 0.5) is 9.52 Å². The van der Waals surface area contributed by atoms with E-state index in [1.807, 2.05) is 24.4 Å². The number of anilines is 1. The largest absolute Gasteiger partial charge is 0.497 e. The van der Waals surface area contributed by atoms with Gasteiger partial charge < -0.3 is 9.64 Å². The number of nitrogens with zero attached hydrogens (tertiary/aromatic N) is 3. The molecule has 0 amide bonds. The van der Waals surface area contributed by atoms with Crippen LogP contribution in [-0.4, -0.2) is 51.0 Å². The molecular weight excluding hydrogens is 425 g/mol. The molecule has 0 spiro atoms. The van der Waals surface area contributed by atoms with E-state index in [0.717, 1.165) is 27.7 Å². The summed E-state index contributed by atoms with van der Waals surface area (Å²) in [4.78, 5) is 7.90. The molecule has 0 atom stereocenters. The van der Waals surface area contributed by atoms with Crippen molar-refractivity contribution in [1.82, 2.24) is 9.29 Å². The van der Waals surface area contributed by atoms with E-state index in [1.165, 1.54) is 28.6 Å². The van der Waals surface area contributed by atoms with Crippen molar-refractivity contribution in [3.63, 3.8) is 0 Å². The molecule has 1 saturated heterocycles. The van der Waals surface area contributed by atoms with Crippen LogP contribution in [-0.2, 0) is 16.4 Å². The molecule has 3 aromatic rings. The predicted molar refractivity (Wildman–Crippen MR) is 115 cm³/mol. The van der Waals surface area contributed by atoms with Gasteiger partial charge in [0.15, 0.2) is 5.13 Å². The maximum absolute atomic E-state index is 13.1. The van der Waals surface area contributed by atoms with E-state index in [4.69, 9.17) is 4.74 Å². The molecule has 4 rings (SSSR count). The fourth-order valence-electron chi connectivity index (χ4n) is 3.38. The molecule has 1 aromatic heterocycles. The fourth-order valence-corrected chi connectivity index (χ4v) is 5.80. The zero-order valence-corrected chi connectivity index (χ0v) is 18.1. The standard InChI is InChI=1S/C21H22FN3O3S2/c1-28-18-4-2-3-16(13-18)14-19-15-23-21(29-19)24-9-11-25(12-10-24)30(26,27)20-7-5-17(22)6-8-20/h2-8,13,15H,9-12,14H2,1H3. The second-order valence-corrected chi connectivity index (χ2v) is 10.0. The van der Waals surface area contributed by atoms with E-state index in [0.29, 0.717) is 26.2 Å². The number of methoxy groups -OCH3 is 1. The monoisotopic (exact) mass is 447 g/mol. The minimum absolute atomic E-state index is 0.118. The number of aromatic nitrogens is 1. The summed E-state index contributed by atoms with van der Waals surface area (Å²) < 4.78 is 45.4. The third-order valence-electron chi connectivity index (χ3n) is 5.01. The van der Waals surface area contributed by atoms with Crippen molar-refractivity contribution in [1.29, 1.82) is 0 Å². The Morgan fingerprint density at radius 2 is 1.83 bits per heavy atom. The van der Waals surface area contributed by atoms with Crippen molar-refractivity contribution >= 4 is 26.5 Å². The number of thiazole rings is 1. The highest BCUT2D eigenvalue weighted by atomic mass is 32.2. The summed E-state index contributed by atoms with van der Waals surface area (Å²) in [5, 5.41) is 0.895. The predicted octanol–water partition coefficient (Wildman–Crippen LogP) is 3.39. The maximum atomic E-state index is 13.1. The zero-order valence-electron chi connectivity index (χ0n) is 16.5. The third kappa shape index (κ3) is 4.48. The first-order valence-corrected chi connectivity index (χ1v) is 11.8. The molecule has 6 nitrogen and oxygen atoms in total. The van der Waals surface area contributed by atoms with Crippen molar-refractivity contribution in [3.8, 4) is 5.75 Å². The van der Waals surface area contributed by atoms with Crippen LogP contribution in [0.25, 0.3) is 0 Å². The van der Waals surface area contributed by atoms with Gasteiger partial charge in [-0.25, -0.2) is 17.8 Å². The number of rotatable bonds is 6. The Morgan fingerprint density at radius 3 is 2.53 bits per heavy atom. The van der Waals surface area contributed by atoms with Gasteiger partial charge in [-0.3, -0.25) is 0 Å². The van der Waals surface area contributed by atoms with Gasteiger partial charge >= 0.3 is 0 Å². The molecule has 0 bridgehead atoms. The lowest BCUT2D eigenvalue weighted by Crippen LogP contribution is -2.48. The molecule has 0 unspecified atom stereocenters. The minimum atomic E-state index is -3.62. The lowest BCUT2D eigenvalue weighted by molar-refractivity contribution is 0.384. The molecule has 2 heterocycles. The maximum Gasteiger partial charge on any atom is 0.243 e. The fraction of sp³-hybridized carbons (Fsp3) is 0.286. The van der Waals surface area contributed by atoms with E-state index in [-0.39, 0.29) is 4.90 Å². The minimum Gasteiger partial charge on any atom is -0.497 e. The summed E-state index contributed by atoms with van der Waals surface area (Å²) in [6.45, 7) is 1.86. The van der Waals surface area contributed by atoms with Crippen molar-refractivity contribution in [2.75, 3.05) is 38.2 Å². The Kier molecular flexibility index (Phi) is 6.03. The van der Waals surface area contributed by atoms with Gasteiger partial charge in [0.1, 0.15) is 11.6 Å². The summed E-state index contributed by atoms with van der Waals surface area (Å²) in [6.07, 6.45) is 2.65. The van der Waals surface area contributed by atoms with Crippen LogP contribution in [0.2, 0.25) is 0 Å². The first kappa shape index (κ1) is 20.8. The van der Waals surface area contributed by atoms with Crippen LogP contribution in [0, 0.1) is 5.82 Å². The van der Waals surface area contributed by atoms with Crippen molar-refractivity contribution in [2.45, 2.75) is 11.3 Å². The van der Waals surface area contributed by atoms with Crippen LogP contribution in [0.3, 0.4) is 0 Å². The quantitative estimate of drug-likeness (QED) is 0.580. The average molecular weight is 448 g/mol. The lowest BCUT2D eigenvalue weighted by Gasteiger charge is -2.33. The van der Waals surface area contributed by atoms with Gasteiger partial charge in [0.05, 0.1) is 12.0 Å². The molecule has 0 radical (unpaired) electrons. The van der Waals surface area contributed by atoms with Crippen LogP contribution in [0.1, 0.15) is 10.4 Å². The van der Waals surface area contributed by atoms with Gasteiger partial charge in [-0.2, -0.15) is 4.31 Å². The van der Waals surface area contributed by atoms with Gasteiger partial charge in [-0.15, -0.1) is 11.3 Å². The highest BCUT2D eigenvalue weighted by Crippen LogP contribution is 2.27. The topological polar surface area (TPSA) is 62.7 Å². The molecule has 1 aliphatic heterocycles. The van der Waals surface area contributed by atoms with Crippen LogP contribution in [0.5, 0.6) is 5.75 Å². The Morgan fingerprint density at radius 1 is 1.10 bits per heavy atom. The van der Waals surface area contributed by atoms with Crippen molar-refractivity contribution in [3.05, 3.63) is 71.0 Å². The molecule has 1 aliphatic rings. The molecule has 0 saturated carbocycles. The summed E-state index contributed by atoms with van der Waals surface area (Å²) in [7, 11) is -1.96. The zero-order chi connectivity index (χ0) is 21.1. The van der Waals surface area contributed by atoms with E-state index < -0.39 is 15.8 Å². The summed E-state index contributed by atoms with van der Waals surface area (Å²) in [5.41, 5.74) is 1.15. The molecule has 30 heavy (non-hydrogen) atoms. The molecule has 2 aromatic carbocycles. The number of piperazine rings is 1. The normalized spacial score (nSPS) is 15.3. The number of halogens is 1. The van der Waals surface area contributed by atoms with Gasteiger partial charge in [0, 0.05) is 43.7 Å². The number of ether oxygens (including phenoxy) is 1. The van der Waals surface area contributed by atoms with E-state index in [2.05, 4.69) is 16.0 Å². The number of benzene rings is 2. The number of hydrogen-bond acceptors (Lipinski definition) is 6. The SMILES string of the molecule is COc1cccc(Cc2cnc(N3CCN(S(=O)(=O)c4ccc(F)cc4)CC3)s2)c1. The van der Waals surface area contributed by atoms with Crippen LogP contribution in [0.15, 0.2) is 59.6 Å². The third-order valence-corrected chi connectivity index (χ3v) is 7.99. The average Bonchev–Trinajstić information content (AvgIpc) is 3.23. The second-order valence-electron chi connectivity index (χ2n) is 6.98. The highest BCUT2D eigenvalue weighted by Gasteiger charge is 2.29. The smallest absolute Gasteiger partial charge is 0.243 e. The Bertz CT molecular complexity index is 1110. The molecule has 1 fully saturated rings. The van der Waals surface area contributed by atoms with Gasteiger partial charge in [0.25, 0.3) is 0 Å². The number of hydrogen-bond donors (Lipinski definition) is 0. The number of sulfonamides is 1. The first-order valence-electron chi connectivity index (χ1n) is 9.54. The van der Waals surface area contributed by atoms with Crippen molar-refractivity contribution < 1.29 is 17.5 Å². The Labute approximate surface area is 179 Å². The van der Waals surface area contributed by atoms with Gasteiger partial charge in [0.2, 0.25) is 10.0 Å². The Balaban J connectivity index is 1.39.